The maximum absolute atomic E-state index is 11.9. The summed E-state index contributed by atoms with van der Waals surface area (Å²) in [6.07, 6.45) is 1.78. The highest BCUT2D eigenvalue weighted by molar-refractivity contribution is 6.43. The van der Waals surface area contributed by atoms with Crippen LogP contribution in [0.2, 0.25) is 0 Å². The van der Waals surface area contributed by atoms with Crippen molar-refractivity contribution in [2.45, 2.75) is 13.8 Å². The molecule has 0 atom stereocenters. The Morgan fingerprint density at radius 1 is 1.15 bits per heavy atom. The molecule has 1 aromatic rings. The second kappa shape index (κ2) is 5.00. The molecule has 5 nitrogen and oxygen atoms in total. The number of esters is 1. The molecule has 0 aromatic heterocycles. The molecule has 0 radical (unpaired) electrons. The van der Waals surface area contributed by atoms with Crippen molar-refractivity contribution in [3.8, 4) is 11.5 Å². The fraction of sp³-hybridized carbons (Fsp3) is 0.333. The zero-order valence-electron chi connectivity index (χ0n) is 11.5. The van der Waals surface area contributed by atoms with E-state index in [1.807, 2.05) is 36.6 Å². The van der Waals surface area contributed by atoms with E-state index in [2.05, 4.69) is 0 Å². The van der Waals surface area contributed by atoms with E-state index in [1.165, 1.54) is 0 Å². The number of carbonyl (C=O) groups excluding carboxylic acids is 1. The van der Waals surface area contributed by atoms with Gasteiger partial charge in [0.1, 0.15) is 18.8 Å². The van der Waals surface area contributed by atoms with Gasteiger partial charge in [0.25, 0.3) is 5.71 Å². The molecule has 0 aliphatic carbocycles. The third kappa shape index (κ3) is 2.05. The van der Waals surface area contributed by atoms with E-state index in [4.69, 9.17) is 14.2 Å². The van der Waals surface area contributed by atoms with Gasteiger partial charge < -0.3 is 14.2 Å². The van der Waals surface area contributed by atoms with Crippen molar-refractivity contribution >= 4 is 17.4 Å². The van der Waals surface area contributed by atoms with Gasteiger partial charge in [0.05, 0.1) is 6.08 Å². The molecule has 1 aromatic carbocycles. The first kappa shape index (κ1) is 12.7. The zero-order valence-corrected chi connectivity index (χ0v) is 11.5. The Kier molecular flexibility index (Phi) is 3.18. The van der Waals surface area contributed by atoms with Crippen LogP contribution in [-0.4, -0.2) is 36.1 Å². The highest BCUT2D eigenvalue weighted by Gasteiger charge is 2.31. The Morgan fingerprint density at radius 3 is 2.65 bits per heavy atom. The van der Waals surface area contributed by atoms with E-state index in [0.29, 0.717) is 23.0 Å². The first-order valence-corrected chi connectivity index (χ1v) is 6.68. The quantitative estimate of drug-likeness (QED) is 0.623. The van der Waals surface area contributed by atoms with E-state index in [1.54, 1.807) is 6.08 Å². The summed E-state index contributed by atoms with van der Waals surface area (Å²) in [6, 6.07) is 5.51. The van der Waals surface area contributed by atoms with Crippen LogP contribution in [0.5, 0.6) is 11.5 Å². The molecular weight excluding hydrogens is 258 g/mol. The fourth-order valence-electron chi connectivity index (χ4n) is 2.34. The van der Waals surface area contributed by atoms with Gasteiger partial charge in [0.2, 0.25) is 6.79 Å². The molecule has 0 amide bonds. The van der Waals surface area contributed by atoms with Crippen LogP contribution in [-0.2, 0) is 9.53 Å². The number of fused-ring (bicyclic) bond motifs is 1. The number of carbonyl (C=O) groups is 1. The monoisotopic (exact) mass is 274 g/mol. The summed E-state index contributed by atoms with van der Waals surface area (Å²) in [7, 11) is 0. The van der Waals surface area contributed by atoms with E-state index >= 15 is 0 Å². The van der Waals surface area contributed by atoms with Crippen molar-refractivity contribution in [2.75, 3.05) is 19.9 Å². The standard InChI is InChI=1S/C15H16NO4/c1-3-16(4-2)11-8-13(20-15(11)17)10-5-6-12-14(7-10)19-9-18-12/h5-8H,3-4,9H2,1-2H3/q+1. The van der Waals surface area contributed by atoms with Crippen LogP contribution in [0.1, 0.15) is 19.4 Å². The number of benzene rings is 1. The van der Waals surface area contributed by atoms with E-state index in [0.717, 1.165) is 18.7 Å². The first-order chi connectivity index (χ1) is 9.72. The van der Waals surface area contributed by atoms with Gasteiger partial charge in [-0.1, -0.05) is 0 Å². The topological polar surface area (TPSA) is 47.8 Å². The maximum atomic E-state index is 11.9. The lowest BCUT2D eigenvalue weighted by atomic mass is 10.1. The molecule has 0 N–H and O–H groups in total. The van der Waals surface area contributed by atoms with Gasteiger partial charge in [0, 0.05) is 5.56 Å². The Morgan fingerprint density at radius 2 is 1.90 bits per heavy atom. The average molecular weight is 274 g/mol. The zero-order chi connectivity index (χ0) is 14.1. The predicted octanol–water partition coefficient (Wildman–Crippen LogP) is 1.81. The molecule has 5 heteroatoms. The predicted molar refractivity (Wildman–Crippen MR) is 73.0 cm³/mol. The van der Waals surface area contributed by atoms with Crippen LogP contribution in [0, 0.1) is 0 Å². The number of hydrogen-bond donors (Lipinski definition) is 0. The molecule has 3 rings (SSSR count). The second-order valence-electron chi connectivity index (χ2n) is 4.52. The van der Waals surface area contributed by atoms with Crippen LogP contribution in [0.25, 0.3) is 5.76 Å². The van der Waals surface area contributed by atoms with Crippen molar-refractivity contribution in [3.63, 3.8) is 0 Å². The van der Waals surface area contributed by atoms with Gasteiger partial charge in [-0.05, 0) is 32.0 Å². The van der Waals surface area contributed by atoms with Crippen LogP contribution >= 0.6 is 0 Å². The number of cyclic esters (lactones) is 1. The number of ether oxygens (including phenoxy) is 3. The van der Waals surface area contributed by atoms with Crippen LogP contribution in [0.4, 0.5) is 0 Å². The fourth-order valence-corrected chi connectivity index (χ4v) is 2.34. The van der Waals surface area contributed by atoms with Crippen LogP contribution < -0.4 is 9.47 Å². The third-order valence-electron chi connectivity index (χ3n) is 3.44. The lowest BCUT2D eigenvalue weighted by Gasteiger charge is -2.02. The molecule has 0 spiro atoms. The summed E-state index contributed by atoms with van der Waals surface area (Å²) in [4.78, 5) is 11.9. The molecule has 0 fully saturated rings. The summed E-state index contributed by atoms with van der Waals surface area (Å²) in [5.74, 6) is 1.64. The summed E-state index contributed by atoms with van der Waals surface area (Å²) in [5.41, 5.74) is 1.41. The molecule has 0 bridgehead atoms. The summed E-state index contributed by atoms with van der Waals surface area (Å²) < 4.78 is 17.9. The van der Waals surface area contributed by atoms with Crippen molar-refractivity contribution in [3.05, 3.63) is 29.8 Å². The van der Waals surface area contributed by atoms with Gasteiger partial charge in [-0.25, -0.2) is 9.37 Å². The normalized spacial score (nSPS) is 16.2. The molecule has 2 heterocycles. The highest BCUT2D eigenvalue weighted by atomic mass is 16.7. The molecule has 2 aliphatic heterocycles. The third-order valence-corrected chi connectivity index (χ3v) is 3.44. The lowest BCUT2D eigenvalue weighted by Crippen LogP contribution is -2.24. The molecular formula is C15H16NO4+. The van der Waals surface area contributed by atoms with Gasteiger partial charge in [-0.2, -0.15) is 0 Å². The summed E-state index contributed by atoms with van der Waals surface area (Å²) >= 11 is 0. The van der Waals surface area contributed by atoms with Crippen molar-refractivity contribution in [2.24, 2.45) is 0 Å². The summed E-state index contributed by atoms with van der Waals surface area (Å²) in [5, 5.41) is 0. The molecule has 0 saturated heterocycles. The van der Waals surface area contributed by atoms with Crippen molar-refractivity contribution < 1.29 is 23.6 Å². The lowest BCUT2D eigenvalue weighted by molar-refractivity contribution is -0.519. The smallest absolute Gasteiger partial charge is 0.408 e. The minimum absolute atomic E-state index is 0.231. The SMILES string of the molecule is CC[N+](CC)=C1C=C(c2ccc3c(c2)OCO3)OC1=O. The molecule has 0 saturated carbocycles. The van der Waals surface area contributed by atoms with E-state index in [-0.39, 0.29) is 12.8 Å². The average Bonchev–Trinajstić information content (AvgIpc) is 3.06. The number of hydrogen-bond acceptors (Lipinski definition) is 4. The Bertz CT molecular complexity index is 625. The highest BCUT2D eigenvalue weighted by Crippen LogP contribution is 2.35. The van der Waals surface area contributed by atoms with Gasteiger partial charge in [0.15, 0.2) is 11.5 Å². The van der Waals surface area contributed by atoms with Crippen LogP contribution in [0.3, 0.4) is 0 Å². The molecule has 20 heavy (non-hydrogen) atoms. The minimum atomic E-state index is -0.304. The molecule has 104 valence electrons. The Hall–Kier alpha value is -2.30. The van der Waals surface area contributed by atoms with E-state index in [9.17, 15) is 4.79 Å². The van der Waals surface area contributed by atoms with Gasteiger partial charge in [-0.15, -0.1) is 0 Å². The van der Waals surface area contributed by atoms with Gasteiger partial charge in [-0.3, -0.25) is 0 Å². The summed E-state index contributed by atoms with van der Waals surface area (Å²) in [6.45, 7) is 5.79. The minimum Gasteiger partial charge on any atom is -0.454 e. The molecule has 0 unspecified atom stereocenters. The molecule has 2 aliphatic rings. The Labute approximate surface area is 117 Å². The van der Waals surface area contributed by atoms with E-state index < -0.39 is 0 Å². The number of rotatable bonds is 3. The Balaban J connectivity index is 1.97. The van der Waals surface area contributed by atoms with Crippen LogP contribution in [0.15, 0.2) is 24.3 Å². The second-order valence-corrected chi connectivity index (χ2v) is 4.52. The first-order valence-electron chi connectivity index (χ1n) is 6.68. The van der Waals surface area contributed by atoms with Crippen molar-refractivity contribution in [1.29, 1.82) is 0 Å². The maximum Gasteiger partial charge on any atom is 0.408 e. The number of nitrogens with zero attached hydrogens (tertiary/aromatic N) is 1. The van der Waals surface area contributed by atoms with Gasteiger partial charge >= 0.3 is 5.97 Å². The van der Waals surface area contributed by atoms with Crippen molar-refractivity contribution in [1.82, 2.24) is 0 Å². The largest absolute Gasteiger partial charge is 0.454 e.